The molecule has 0 atom stereocenters. The molecule has 0 aromatic heterocycles. The van der Waals surface area contributed by atoms with Crippen molar-refractivity contribution in [1.29, 1.82) is 0 Å². The van der Waals surface area contributed by atoms with Gasteiger partial charge in [-0.3, -0.25) is 9.10 Å². The van der Waals surface area contributed by atoms with Crippen molar-refractivity contribution in [2.75, 3.05) is 35.4 Å². The SMILES string of the molecule is Cc1c(Cl)cccc1N(CC(=O)NCCCN1CCc2ccccc21)S(=O)(=O)c1ccccc1. The molecule has 1 aliphatic heterocycles. The van der Waals surface area contributed by atoms with Crippen LogP contribution in [-0.2, 0) is 21.2 Å². The standard InChI is InChI=1S/C26H28ClN3O3S/c1-20-23(27)12-7-14-24(20)30(34(32,33)22-10-3-2-4-11-22)19-26(31)28-16-8-17-29-18-15-21-9-5-6-13-25(21)29/h2-7,9-14H,8,15-19H2,1H3,(H,28,31). The first-order valence-corrected chi connectivity index (χ1v) is 13.1. The van der Waals surface area contributed by atoms with Crippen LogP contribution >= 0.6 is 11.6 Å². The minimum absolute atomic E-state index is 0.120. The molecule has 0 saturated heterocycles. The molecule has 0 spiro atoms. The zero-order valence-corrected chi connectivity index (χ0v) is 20.6. The average molecular weight is 498 g/mol. The molecule has 1 heterocycles. The number of hydrogen-bond acceptors (Lipinski definition) is 4. The summed E-state index contributed by atoms with van der Waals surface area (Å²) in [7, 11) is -3.96. The Labute approximate surface area is 206 Å². The Bertz CT molecular complexity index is 1270. The molecule has 0 bridgehead atoms. The first-order chi connectivity index (χ1) is 16.4. The van der Waals surface area contributed by atoms with Gasteiger partial charge in [-0.15, -0.1) is 0 Å². The van der Waals surface area contributed by atoms with Gasteiger partial charge in [-0.25, -0.2) is 8.42 Å². The molecule has 3 aromatic carbocycles. The number of carbonyl (C=O) groups is 1. The van der Waals surface area contributed by atoms with Crippen LogP contribution in [0.4, 0.5) is 11.4 Å². The van der Waals surface area contributed by atoms with Gasteiger partial charge in [0.1, 0.15) is 6.54 Å². The number of para-hydroxylation sites is 1. The largest absolute Gasteiger partial charge is 0.371 e. The highest BCUT2D eigenvalue weighted by Crippen LogP contribution is 2.31. The van der Waals surface area contributed by atoms with Gasteiger partial charge in [0.2, 0.25) is 5.91 Å². The molecule has 4 rings (SSSR count). The van der Waals surface area contributed by atoms with Crippen LogP contribution in [0.1, 0.15) is 17.5 Å². The van der Waals surface area contributed by atoms with E-state index in [2.05, 4.69) is 28.4 Å². The Morgan fingerprint density at radius 3 is 2.56 bits per heavy atom. The van der Waals surface area contributed by atoms with Crippen molar-refractivity contribution in [1.82, 2.24) is 5.32 Å². The van der Waals surface area contributed by atoms with Gasteiger partial charge in [0.15, 0.2) is 0 Å². The summed E-state index contributed by atoms with van der Waals surface area (Å²) in [6.07, 6.45) is 1.80. The van der Waals surface area contributed by atoms with Gasteiger partial charge in [-0.05, 0) is 61.2 Å². The minimum Gasteiger partial charge on any atom is -0.371 e. The summed E-state index contributed by atoms with van der Waals surface area (Å²) in [5, 5.41) is 3.33. The van der Waals surface area contributed by atoms with Gasteiger partial charge in [0.05, 0.1) is 10.6 Å². The number of nitrogens with zero attached hydrogens (tertiary/aromatic N) is 2. The fraction of sp³-hybridized carbons (Fsp3) is 0.269. The summed E-state index contributed by atoms with van der Waals surface area (Å²) in [6, 6.07) is 21.5. The van der Waals surface area contributed by atoms with Crippen LogP contribution in [0.25, 0.3) is 0 Å². The fourth-order valence-corrected chi connectivity index (χ4v) is 5.88. The molecule has 0 aliphatic carbocycles. The van der Waals surface area contributed by atoms with Gasteiger partial charge in [0, 0.05) is 30.3 Å². The maximum atomic E-state index is 13.4. The molecule has 1 aliphatic rings. The lowest BCUT2D eigenvalue weighted by molar-refractivity contribution is -0.119. The molecular formula is C26H28ClN3O3S. The molecule has 6 nitrogen and oxygen atoms in total. The van der Waals surface area contributed by atoms with Gasteiger partial charge in [-0.1, -0.05) is 54.1 Å². The maximum Gasteiger partial charge on any atom is 0.264 e. The van der Waals surface area contributed by atoms with Gasteiger partial charge in [-0.2, -0.15) is 0 Å². The van der Waals surface area contributed by atoms with Crippen molar-refractivity contribution in [3.8, 4) is 0 Å². The maximum absolute atomic E-state index is 13.4. The number of hydrogen-bond donors (Lipinski definition) is 1. The van der Waals surface area contributed by atoms with Crippen molar-refractivity contribution in [3.63, 3.8) is 0 Å². The highest BCUT2D eigenvalue weighted by atomic mass is 35.5. The van der Waals surface area contributed by atoms with E-state index in [1.54, 1.807) is 43.3 Å². The number of sulfonamides is 1. The Morgan fingerprint density at radius 2 is 1.76 bits per heavy atom. The van der Waals surface area contributed by atoms with E-state index in [1.165, 1.54) is 23.4 Å². The number of benzene rings is 3. The summed E-state index contributed by atoms with van der Waals surface area (Å²) in [4.78, 5) is 15.3. The van der Waals surface area contributed by atoms with Crippen molar-refractivity contribution < 1.29 is 13.2 Å². The second kappa shape index (κ2) is 10.5. The van der Waals surface area contributed by atoms with Crippen LogP contribution in [-0.4, -0.2) is 40.5 Å². The summed E-state index contributed by atoms with van der Waals surface area (Å²) >= 11 is 6.26. The van der Waals surface area contributed by atoms with E-state index >= 15 is 0 Å². The molecule has 1 N–H and O–H groups in total. The van der Waals surface area contributed by atoms with Crippen molar-refractivity contribution >= 4 is 38.9 Å². The lowest BCUT2D eigenvalue weighted by Crippen LogP contribution is -2.41. The van der Waals surface area contributed by atoms with Crippen molar-refractivity contribution in [3.05, 3.63) is 88.9 Å². The molecule has 1 amide bonds. The van der Waals surface area contributed by atoms with Crippen LogP contribution in [0, 0.1) is 6.92 Å². The smallest absolute Gasteiger partial charge is 0.264 e. The summed E-state index contributed by atoms with van der Waals surface area (Å²) in [6.45, 7) is 3.69. The van der Waals surface area contributed by atoms with E-state index in [0.717, 1.165) is 30.2 Å². The fourth-order valence-electron chi connectivity index (χ4n) is 4.21. The van der Waals surface area contributed by atoms with E-state index in [1.807, 2.05) is 6.07 Å². The monoisotopic (exact) mass is 497 g/mol. The van der Waals surface area contributed by atoms with Crippen LogP contribution < -0.4 is 14.5 Å². The zero-order valence-electron chi connectivity index (χ0n) is 19.1. The lowest BCUT2D eigenvalue weighted by Gasteiger charge is -2.26. The number of fused-ring (bicyclic) bond motifs is 1. The van der Waals surface area contributed by atoms with E-state index in [0.29, 0.717) is 22.8 Å². The van der Waals surface area contributed by atoms with E-state index < -0.39 is 10.0 Å². The van der Waals surface area contributed by atoms with E-state index in [-0.39, 0.29) is 17.3 Å². The molecule has 0 saturated carbocycles. The molecule has 178 valence electrons. The van der Waals surface area contributed by atoms with Crippen LogP contribution in [0.15, 0.2) is 77.7 Å². The second-order valence-electron chi connectivity index (χ2n) is 8.28. The van der Waals surface area contributed by atoms with Crippen molar-refractivity contribution in [2.24, 2.45) is 0 Å². The van der Waals surface area contributed by atoms with Crippen LogP contribution in [0.2, 0.25) is 5.02 Å². The van der Waals surface area contributed by atoms with Gasteiger partial charge >= 0.3 is 0 Å². The zero-order chi connectivity index (χ0) is 24.1. The van der Waals surface area contributed by atoms with Gasteiger partial charge in [0.25, 0.3) is 10.0 Å². The molecule has 0 fully saturated rings. The summed E-state index contributed by atoms with van der Waals surface area (Å²) in [5.41, 5.74) is 3.60. The molecule has 34 heavy (non-hydrogen) atoms. The average Bonchev–Trinajstić information content (AvgIpc) is 3.26. The second-order valence-corrected chi connectivity index (χ2v) is 10.5. The van der Waals surface area contributed by atoms with E-state index in [9.17, 15) is 13.2 Å². The molecule has 3 aromatic rings. The van der Waals surface area contributed by atoms with Crippen molar-refractivity contribution in [2.45, 2.75) is 24.7 Å². The van der Waals surface area contributed by atoms with E-state index in [4.69, 9.17) is 11.6 Å². The minimum atomic E-state index is -3.96. The number of anilines is 2. The number of carbonyl (C=O) groups excluding carboxylic acids is 1. The number of halogens is 1. The Morgan fingerprint density at radius 1 is 1.03 bits per heavy atom. The predicted octanol–water partition coefficient (Wildman–Crippen LogP) is 4.41. The van der Waals surface area contributed by atoms with Crippen LogP contribution in [0.3, 0.4) is 0 Å². The normalized spacial score (nSPS) is 12.9. The molecule has 0 radical (unpaired) electrons. The third-order valence-electron chi connectivity index (χ3n) is 6.04. The van der Waals surface area contributed by atoms with Gasteiger partial charge < -0.3 is 10.2 Å². The Balaban J connectivity index is 1.43. The quantitative estimate of drug-likeness (QED) is 0.444. The molecular weight excluding hydrogens is 470 g/mol. The highest BCUT2D eigenvalue weighted by molar-refractivity contribution is 7.92. The summed E-state index contributed by atoms with van der Waals surface area (Å²) < 4.78 is 28.0. The van der Waals surface area contributed by atoms with Crippen LogP contribution in [0.5, 0.6) is 0 Å². The summed E-state index contributed by atoms with van der Waals surface area (Å²) in [5.74, 6) is -0.360. The number of rotatable bonds is 9. The number of amides is 1. The first kappa shape index (κ1) is 24.1. The Hall–Kier alpha value is -3.03. The predicted molar refractivity (Wildman–Crippen MR) is 137 cm³/mol. The first-order valence-electron chi connectivity index (χ1n) is 11.3. The third kappa shape index (κ3) is 5.21. The lowest BCUT2D eigenvalue weighted by atomic mass is 10.2. The topological polar surface area (TPSA) is 69.7 Å². The molecule has 0 unspecified atom stereocenters. The molecule has 8 heteroatoms. The third-order valence-corrected chi connectivity index (χ3v) is 8.22. The highest BCUT2D eigenvalue weighted by Gasteiger charge is 2.28. The number of nitrogens with one attached hydrogen (secondary N) is 1. The Kier molecular flexibility index (Phi) is 7.44.